The van der Waals surface area contributed by atoms with E-state index < -0.39 is 5.54 Å². The Hall–Kier alpha value is -4.79. The van der Waals surface area contributed by atoms with Crippen molar-refractivity contribution in [2.24, 2.45) is 0 Å². The molecule has 0 saturated heterocycles. The number of hydrogen-bond donors (Lipinski definition) is 2. The number of hydrogen-bond acceptors (Lipinski definition) is 4. The van der Waals surface area contributed by atoms with Gasteiger partial charge in [0.2, 0.25) is 11.8 Å². The van der Waals surface area contributed by atoms with Crippen molar-refractivity contribution in [3.05, 3.63) is 108 Å². The molecule has 204 valence electrons. The molecular formula is C31H29F2N5O2. The van der Waals surface area contributed by atoms with Gasteiger partial charge in [0.05, 0.1) is 6.54 Å². The fourth-order valence-corrected chi connectivity index (χ4v) is 4.68. The molecule has 0 aliphatic carbocycles. The minimum absolute atomic E-state index is 0.159. The molecule has 3 aromatic carbocycles. The molecule has 0 unspecified atom stereocenters. The van der Waals surface area contributed by atoms with Crippen LogP contribution in [0.25, 0.3) is 17.5 Å². The Morgan fingerprint density at radius 1 is 0.875 bits per heavy atom. The second kappa shape index (κ2) is 11.1. The van der Waals surface area contributed by atoms with Crippen LogP contribution in [-0.4, -0.2) is 32.8 Å². The fourth-order valence-electron chi connectivity index (χ4n) is 4.68. The lowest BCUT2D eigenvalue weighted by Crippen LogP contribution is -2.49. The molecule has 2 heterocycles. The Morgan fingerprint density at radius 2 is 1.52 bits per heavy atom. The van der Waals surface area contributed by atoms with Crippen molar-refractivity contribution in [2.75, 3.05) is 11.9 Å². The van der Waals surface area contributed by atoms with Gasteiger partial charge in [0.25, 0.3) is 0 Å². The number of rotatable bonds is 8. The summed E-state index contributed by atoms with van der Waals surface area (Å²) < 4.78 is 29.0. The van der Waals surface area contributed by atoms with Gasteiger partial charge in [-0.25, -0.2) is 13.8 Å². The molecule has 0 spiro atoms. The average Bonchev–Trinajstić information content (AvgIpc) is 3.32. The zero-order chi connectivity index (χ0) is 28.3. The number of carbonyl (C=O) groups excluding carboxylic acids is 2. The summed E-state index contributed by atoms with van der Waals surface area (Å²) in [4.78, 5) is 32.1. The van der Waals surface area contributed by atoms with E-state index in [-0.39, 0.29) is 36.4 Å². The normalized spacial score (nSPS) is 13.6. The van der Waals surface area contributed by atoms with Gasteiger partial charge in [0.15, 0.2) is 0 Å². The van der Waals surface area contributed by atoms with Crippen molar-refractivity contribution in [1.29, 1.82) is 0 Å². The maximum absolute atomic E-state index is 13.7. The predicted molar refractivity (Wildman–Crippen MR) is 150 cm³/mol. The average molecular weight is 542 g/mol. The maximum atomic E-state index is 13.7. The molecule has 2 amide bonds. The van der Waals surface area contributed by atoms with Crippen LogP contribution in [0.15, 0.2) is 85.1 Å². The summed E-state index contributed by atoms with van der Waals surface area (Å²) in [6.07, 6.45) is 4.22. The van der Waals surface area contributed by atoms with E-state index in [4.69, 9.17) is 4.98 Å². The van der Waals surface area contributed by atoms with Gasteiger partial charge in [-0.05, 0) is 74.4 Å². The minimum atomic E-state index is -0.891. The van der Waals surface area contributed by atoms with Crippen molar-refractivity contribution < 1.29 is 18.4 Å². The molecule has 2 N–H and O–H groups in total. The smallest absolute Gasteiger partial charge is 0.246 e. The molecule has 0 bridgehead atoms. The van der Waals surface area contributed by atoms with Crippen LogP contribution in [-0.2, 0) is 21.5 Å². The number of nitrogens with zero attached hydrogens (tertiary/aromatic N) is 3. The number of imidazole rings is 1. The van der Waals surface area contributed by atoms with Crippen molar-refractivity contribution in [2.45, 2.75) is 32.2 Å². The van der Waals surface area contributed by atoms with E-state index in [1.807, 2.05) is 48.7 Å². The van der Waals surface area contributed by atoms with Crippen LogP contribution in [0, 0.1) is 11.6 Å². The third kappa shape index (κ3) is 5.63. The van der Waals surface area contributed by atoms with Gasteiger partial charge < -0.3 is 15.5 Å². The predicted octanol–water partition coefficient (Wildman–Crippen LogP) is 5.83. The topological polar surface area (TPSA) is 79.3 Å². The van der Waals surface area contributed by atoms with Gasteiger partial charge in [-0.2, -0.15) is 0 Å². The largest absolute Gasteiger partial charge is 0.347 e. The van der Waals surface area contributed by atoms with Gasteiger partial charge in [0.1, 0.15) is 34.5 Å². The summed E-state index contributed by atoms with van der Waals surface area (Å²) >= 11 is 0. The van der Waals surface area contributed by atoms with Gasteiger partial charge >= 0.3 is 0 Å². The van der Waals surface area contributed by atoms with Crippen LogP contribution in [0.1, 0.15) is 31.7 Å². The fraction of sp³-hybridized carbons (Fsp3) is 0.194. The monoisotopic (exact) mass is 541 g/mol. The highest BCUT2D eigenvalue weighted by molar-refractivity contribution is 5.87. The zero-order valence-corrected chi connectivity index (χ0v) is 22.2. The molecule has 0 radical (unpaired) electrons. The second-order valence-corrected chi connectivity index (χ2v) is 10.0. The molecule has 9 heteroatoms. The molecule has 0 fully saturated rings. The SMILES string of the molecule is CC1(C)c2nc(-c3ccc(F)cc3)c(Nc3ccc(F)cc3)n2C=CN1C(=O)CNC(=O)CCc1ccccc1. The molecule has 4 aromatic rings. The first-order valence-electron chi connectivity index (χ1n) is 12.9. The second-order valence-electron chi connectivity index (χ2n) is 10.0. The van der Waals surface area contributed by atoms with Crippen LogP contribution in [0.2, 0.25) is 0 Å². The molecule has 7 nitrogen and oxygen atoms in total. The highest BCUT2D eigenvalue weighted by atomic mass is 19.1. The lowest BCUT2D eigenvalue weighted by Gasteiger charge is -2.38. The number of benzene rings is 3. The van der Waals surface area contributed by atoms with Crippen LogP contribution < -0.4 is 10.6 Å². The first-order chi connectivity index (χ1) is 19.2. The molecule has 40 heavy (non-hydrogen) atoms. The number of fused-ring (bicyclic) bond motifs is 1. The van der Waals surface area contributed by atoms with Crippen LogP contribution in [0.5, 0.6) is 0 Å². The van der Waals surface area contributed by atoms with Gasteiger partial charge in [-0.1, -0.05) is 30.3 Å². The number of halogens is 2. The van der Waals surface area contributed by atoms with Gasteiger partial charge in [-0.3, -0.25) is 14.2 Å². The van der Waals surface area contributed by atoms with Gasteiger partial charge in [0, 0.05) is 30.1 Å². The van der Waals surface area contributed by atoms with Crippen molar-refractivity contribution in [3.8, 4) is 11.3 Å². The maximum Gasteiger partial charge on any atom is 0.246 e. The van der Waals surface area contributed by atoms with E-state index in [1.54, 1.807) is 41.6 Å². The van der Waals surface area contributed by atoms with Crippen LogP contribution in [0.3, 0.4) is 0 Å². The summed E-state index contributed by atoms with van der Waals surface area (Å²) in [5, 5.41) is 6.03. The van der Waals surface area contributed by atoms with Crippen molar-refractivity contribution in [1.82, 2.24) is 19.8 Å². The Balaban J connectivity index is 1.37. The highest BCUT2D eigenvalue weighted by Crippen LogP contribution is 2.39. The number of aromatic nitrogens is 2. The molecule has 1 aliphatic rings. The lowest BCUT2D eigenvalue weighted by molar-refractivity contribution is -0.134. The van der Waals surface area contributed by atoms with E-state index in [1.165, 1.54) is 24.3 Å². The van der Waals surface area contributed by atoms with Crippen LogP contribution in [0.4, 0.5) is 20.3 Å². The van der Waals surface area contributed by atoms with Crippen molar-refractivity contribution >= 4 is 29.5 Å². The summed E-state index contributed by atoms with van der Waals surface area (Å²) in [5.74, 6) is -0.0890. The third-order valence-electron chi connectivity index (χ3n) is 6.84. The minimum Gasteiger partial charge on any atom is -0.347 e. The molecule has 1 aromatic heterocycles. The van der Waals surface area contributed by atoms with Crippen molar-refractivity contribution in [3.63, 3.8) is 0 Å². The Bertz CT molecular complexity index is 1550. The third-order valence-corrected chi connectivity index (χ3v) is 6.84. The molecule has 5 rings (SSSR count). The van der Waals surface area contributed by atoms with Gasteiger partial charge in [-0.15, -0.1) is 0 Å². The summed E-state index contributed by atoms with van der Waals surface area (Å²) in [6, 6.07) is 21.6. The van der Waals surface area contributed by atoms with E-state index >= 15 is 0 Å². The molecular weight excluding hydrogens is 512 g/mol. The summed E-state index contributed by atoms with van der Waals surface area (Å²) in [5.41, 5.74) is 2.01. The standard InChI is InChI=1S/C31H29F2N5O2/c1-31(2)30-36-28(22-9-11-23(32)12-10-22)29(35-25-15-13-24(33)14-16-25)37(30)18-19-38(31)27(40)20-34-26(39)17-8-21-6-4-3-5-7-21/h3-7,9-16,18-19,35H,8,17,20H2,1-2H3,(H,34,39). The molecule has 1 aliphatic heterocycles. The molecule has 0 saturated carbocycles. The quantitative estimate of drug-likeness (QED) is 0.294. The van der Waals surface area contributed by atoms with E-state index in [0.29, 0.717) is 35.0 Å². The Kier molecular flexibility index (Phi) is 7.46. The Labute approximate surface area is 231 Å². The van der Waals surface area contributed by atoms with E-state index in [2.05, 4.69) is 10.6 Å². The highest BCUT2D eigenvalue weighted by Gasteiger charge is 2.39. The number of amides is 2. The lowest BCUT2D eigenvalue weighted by atomic mass is 10.0. The number of aryl methyl sites for hydroxylation is 1. The number of anilines is 2. The molecule has 0 atom stereocenters. The summed E-state index contributed by atoms with van der Waals surface area (Å²) in [7, 11) is 0. The summed E-state index contributed by atoms with van der Waals surface area (Å²) in [6.45, 7) is 3.56. The van der Waals surface area contributed by atoms with E-state index in [0.717, 1.165) is 5.56 Å². The van der Waals surface area contributed by atoms with Crippen LogP contribution >= 0.6 is 0 Å². The zero-order valence-electron chi connectivity index (χ0n) is 22.2. The first-order valence-corrected chi connectivity index (χ1v) is 12.9. The Morgan fingerprint density at radius 3 is 2.20 bits per heavy atom. The van der Waals surface area contributed by atoms with E-state index in [9.17, 15) is 18.4 Å². The first kappa shape index (κ1) is 26.8. The number of carbonyl (C=O) groups is 2. The number of nitrogens with one attached hydrogen (secondary N) is 2.